The van der Waals surface area contributed by atoms with E-state index < -0.39 is 0 Å². The van der Waals surface area contributed by atoms with Crippen molar-refractivity contribution in [2.75, 3.05) is 19.7 Å². The van der Waals surface area contributed by atoms with Crippen molar-refractivity contribution in [3.05, 3.63) is 24.3 Å². The summed E-state index contributed by atoms with van der Waals surface area (Å²) in [5.74, 6) is 1.76. The molecule has 0 amide bonds. The molecule has 0 aliphatic carbocycles. The third kappa shape index (κ3) is 5.41. The second-order valence-corrected chi connectivity index (χ2v) is 4.24. The van der Waals surface area contributed by atoms with Crippen molar-refractivity contribution in [1.29, 1.82) is 0 Å². The average molecular weight is 251 g/mol. The zero-order chi connectivity index (χ0) is 13.2. The van der Waals surface area contributed by atoms with Crippen LogP contribution < -0.4 is 14.8 Å². The highest BCUT2D eigenvalue weighted by Gasteiger charge is 2.09. The number of benzene rings is 1. The molecular weight excluding hydrogens is 226 g/mol. The molecule has 3 nitrogen and oxygen atoms in total. The Balaban J connectivity index is 2.58. The Bertz CT molecular complexity index is 328. The van der Waals surface area contributed by atoms with E-state index in [-0.39, 0.29) is 6.10 Å². The maximum Gasteiger partial charge on any atom is 0.123 e. The Kier molecular flexibility index (Phi) is 7.26. The van der Waals surface area contributed by atoms with E-state index in [1.165, 1.54) is 0 Å². The Morgan fingerprint density at radius 3 is 2.61 bits per heavy atom. The van der Waals surface area contributed by atoms with Gasteiger partial charge in [0.1, 0.15) is 17.6 Å². The van der Waals surface area contributed by atoms with Crippen LogP contribution in [0, 0.1) is 0 Å². The summed E-state index contributed by atoms with van der Waals surface area (Å²) in [7, 11) is 0. The Labute approximate surface area is 110 Å². The number of nitrogens with one attached hydrogen (secondary N) is 1. The minimum Gasteiger partial charge on any atom is -0.494 e. The molecule has 0 saturated carbocycles. The van der Waals surface area contributed by atoms with Crippen LogP contribution in [0.1, 0.15) is 33.6 Å². The van der Waals surface area contributed by atoms with Crippen molar-refractivity contribution in [1.82, 2.24) is 5.32 Å². The molecule has 3 heteroatoms. The first-order valence-electron chi connectivity index (χ1n) is 6.90. The summed E-state index contributed by atoms with van der Waals surface area (Å²) in [4.78, 5) is 0. The summed E-state index contributed by atoms with van der Waals surface area (Å²) in [6, 6.07) is 7.86. The van der Waals surface area contributed by atoms with Gasteiger partial charge in [-0.05, 0) is 32.0 Å². The van der Waals surface area contributed by atoms with E-state index >= 15 is 0 Å². The number of ether oxygens (including phenoxy) is 2. The highest BCUT2D eigenvalue weighted by atomic mass is 16.5. The van der Waals surface area contributed by atoms with Crippen molar-refractivity contribution in [2.45, 2.75) is 39.7 Å². The molecule has 0 aliphatic heterocycles. The number of rotatable bonds is 9. The van der Waals surface area contributed by atoms with Crippen molar-refractivity contribution < 1.29 is 9.47 Å². The van der Waals surface area contributed by atoms with Crippen LogP contribution in [0.15, 0.2) is 24.3 Å². The van der Waals surface area contributed by atoms with E-state index in [1.54, 1.807) is 0 Å². The van der Waals surface area contributed by atoms with Crippen LogP contribution in [-0.2, 0) is 0 Å². The summed E-state index contributed by atoms with van der Waals surface area (Å²) in [5, 5.41) is 3.34. The average Bonchev–Trinajstić information content (AvgIpc) is 2.37. The maximum atomic E-state index is 6.00. The molecule has 1 aromatic rings. The van der Waals surface area contributed by atoms with E-state index in [1.807, 2.05) is 31.2 Å². The van der Waals surface area contributed by atoms with Gasteiger partial charge in [-0.1, -0.05) is 26.3 Å². The number of hydrogen-bond donors (Lipinski definition) is 1. The molecule has 0 radical (unpaired) electrons. The zero-order valence-electron chi connectivity index (χ0n) is 11.7. The third-order valence-corrected chi connectivity index (χ3v) is 2.65. The fourth-order valence-electron chi connectivity index (χ4n) is 1.83. The third-order valence-electron chi connectivity index (χ3n) is 2.65. The highest BCUT2D eigenvalue weighted by Crippen LogP contribution is 2.21. The van der Waals surface area contributed by atoms with Gasteiger partial charge in [0, 0.05) is 12.6 Å². The van der Waals surface area contributed by atoms with Crippen LogP contribution in [0.25, 0.3) is 0 Å². The summed E-state index contributed by atoms with van der Waals surface area (Å²) in [6.07, 6.45) is 2.42. The molecule has 1 aromatic carbocycles. The van der Waals surface area contributed by atoms with Gasteiger partial charge < -0.3 is 14.8 Å². The van der Waals surface area contributed by atoms with Gasteiger partial charge in [-0.25, -0.2) is 0 Å². The molecule has 102 valence electrons. The second kappa shape index (κ2) is 8.81. The first kappa shape index (κ1) is 14.8. The molecule has 0 aromatic heterocycles. The molecule has 0 heterocycles. The molecule has 0 saturated heterocycles. The largest absolute Gasteiger partial charge is 0.494 e. The molecule has 0 spiro atoms. The summed E-state index contributed by atoms with van der Waals surface area (Å²) < 4.78 is 11.5. The predicted molar refractivity (Wildman–Crippen MR) is 75.5 cm³/mol. The monoisotopic (exact) mass is 251 g/mol. The van der Waals surface area contributed by atoms with Gasteiger partial charge >= 0.3 is 0 Å². The molecule has 1 N–H and O–H groups in total. The maximum absolute atomic E-state index is 6.00. The van der Waals surface area contributed by atoms with Crippen LogP contribution in [0.4, 0.5) is 0 Å². The van der Waals surface area contributed by atoms with E-state index in [9.17, 15) is 0 Å². The van der Waals surface area contributed by atoms with Crippen molar-refractivity contribution in [3.8, 4) is 11.5 Å². The Hall–Kier alpha value is -1.22. The number of likely N-dealkylation sites (N-methyl/N-ethyl adjacent to an activating group) is 1. The fourth-order valence-corrected chi connectivity index (χ4v) is 1.83. The molecule has 0 aliphatic rings. The minimum atomic E-state index is 0.229. The van der Waals surface area contributed by atoms with Gasteiger partial charge in [0.25, 0.3) is 0 Å². The molecule has 0 fully saturated rings. The first-order chi connectivity index (χ1) is 8.80. The molecule has 1 atom stereocenters. The fraction of sp³-hybridized carbons (Fsp3) is 0.600. The summed E-state index contributed by atoms with van der Waals surface area (Å²) >= 11 is 0. The first-order valence-corrected chi connectivity index (χ1v) is 6.90. The lowest BCUT2D eigenvalue weighted by Crippen LogP contribution is -2.31. The van der Waals surface area contributed by atoms with Gasteiger partial charge in [-0.2, -0.15) is 0 Å². The van der Waals surface area contributed by atoms with E-state index in [0.29, 0.717) is 6.61 Å². The predicted octanol–water partition coefficient (Wildman–Crippen LogP) is 3.24. The van der Waals surface area contributed by atoms with E-state index in [0.717, 1.165) is 37.4 Å². The lowest BCUT2D eigenvalue weighted by Gasteiger charge is -2.19. The lowest BCUT2D eigenvalue weighted by atomic mass is 10.2. The molecule has 18 heavy (non-hydrogen) atoms. The molecule has 1 rings (SSSR count). The number of hydrogen-bond acceptors (Lipinski definition) is 3. The van der Waals surface area contributed by atoms with Gasteiger partial charge in [0.15, 0.2) is 0 Å². The van der Waals surface area contributed by atoms with Crippen LogP contribution in [0.3, 0.4) is 0 Å². The van der Waals surface area contributed by atoms with Gasteiger partial charge in [-0.15, -0.1) is 0 Å². The van der Waals surface area contributed by atoms with Crippen LogP contribution in [0.5, 0.6) is 11.5 Å². The van der Waals surface area contributed by atoms with Crippen molar-refractivity contribution in [3.63, 3.8) is 0 Å². The SMILES string of the molecule is CCCC(CNCC)Oc1cccc(OCC)c1. The topological polar surface area (TPSA) is 30.5 Å². The zero-order valence-corrected chi connectivity index (χ0v) is 11.7. The van der Waals surface area contributed by atoms with E-state index in [4.69, 9.17) is 9.47 Å². The Morgan fingerprint density at radius 1 is 1.17 bits per heavy atom. The Morgan fingerprint density at radius 2 is 1.94 bits per heavy atom. The standard InChI is InChI=1S/C15H25NO2/c1-4-8-15(12-16-5-2)18-14-10-7-9-13(11-14)17-6-3/h7,9-11,15-16H,4-6,8,12H2,1-3H3. The van der Waals surface area contributed by atoms with E-state index in [2.05, 4.69) is 19.2 Å². The lowest BCUT2D eigenvalue weighted by molar-refractivity contribution is 0.186. The summed E-state index contributed by atoms with van der Waals surface area (Å²) in [6.45, 7) is 8.82. The van der Waals surface area contributed by atoms with Crippen LogP contribution >= 0.6 is 0 Å². The molecular formula is C15H25NO2. The normalized spacial score (nSPS) is 12.2. The second-order valence-electron chi connectivity index (χ2n) is 4.24. The van der Waals surface area contributed by atoms with Gasteiger partial charge in [0.05, 0.1) is 6.61 Å². The van der Waals surface area contributed by atoms with Gasteiger partial charge in [0.2, 0.25) is 0 Å². The van der Waals surface area contributed by atoms with Crippen molar-refractivity contribution >= 4 is 0 Å². The van der Waals surface area contributed by atoms with Crippen molar-refractivity contribution in [2.24, 2.45) is 0 Å². The summed E-state index contributed by atoms with van der Waals surface area (Å²) in [5.41, 5.74) is 0. The van der Waals surface area contributed by atoms with Gasteiger partial charge in [-0.3, -0.25) is 0 Å². The van der Waals surface area contributed by atoms with Crippen LogP contribution in [-0.4, -0.2) is 25.8 Å². The highest BCUT2D eigenvalue weighted by molar-refractivity contribution is 5.33. The minimum absolute atomic E-state index is 0.229. The smallest absolute Gasteiger partial charge is 0.123 e. The molecule has 1 unspecified atom stereocenters. The van der Waals surface area contributed by atoms with Crippen LogP contribution in [0.2, 0.25) is 0 Å². The molecule has 0 bridgehead atoms. The quantitative estimate of drug-likeness (QED) is 0.731.